The van der Waals surface area contributed by atoms with Crippen molar-refractivity contribution >= 4 is 43.2 Å². The predicted molar refractivity (Wildman–Crippen MR) is 106 cm³/mol. The highest BCUT2D eigenvalue weighted by molar-refractivity contribution is 9.10. The second-order valence-electron chi connectivity index (χ2n) is 6.03. The monoisotopic (exact) mass is 446 g/mol. The Balaban J connectivity index is 2.22. The molecule has 0 radical (unpaired) electrons. The van der Waals surface area contributed by atoms with E-state index in [0.29, 0.717) is 6.54 Å². The van der Waals surface area contributed by atoms with Crippen LogP contribution in [0.25, 0.3) is 10.4 Å². The van der Waals surface area contributed by atoms with Crippen LogP contribution in [0.2, 0.25) is 0 Å². The molecule has 0 saturated heterocycles. The smallest absolute Gasteiger partial charge is 0.0742 e. The van der Waals surface area contributed by atoms with Crippen molar-refractivity contribution in [2.24, 2.45) is 5.11 Å². The Hall–Kier alpha value is -1.75. The van der Waals surface area contributed by atoms with Gasteiger partial charge in [-0.1, -0.05) is 50.0 Å². The number of anilines is 2. The lowest BCUT2D eigenvalue weighted by Crippen LogP contribution is -2.45. The molecule has 2 atom stereocenters. The van der Waals surface area contributed by atoms with Crippen molar-refractivity contribution in [3.8, 4) is 0 Å². The van der Waals surface area contributed by atoms with Crippen molar-refractivity contribution in [1.82, 2.24) is 0 Å². The Morgan fingerprint density at radius 2 is 1.92 bits per heavy atom. The number of azide groups is 1. The first-order chi connectivity index (χ1) is 11.5. The van der Waals surface area contributed by atoms with Crippen LogP contribution in [0.4, 0.5) is 11.4 Å². The highest BCUT2D eigenvalue weighted by atomic mass is 79.9. The Morgan fingerprint density at radius 3 is 2.54 bits per heavy atom. The van der Waals surface area contributed by atoms with Crippen LogP contribution in [0.15, 0.2) is 69.2 Å². The molecule has 0 N–H and O–H groups in total. The molecule has 0 fully saturated rings. The number of fused-ring (bicyclic) bond motifs is 1. The summed E-state index contributed by atoms with van der Waals surface area (Å²) in [6, 6.07) is 14.3. The Labute approximate surface area is 158 Å². The third kappa shape index (κ3) is 2.97. The third-order valence-corrected chi connectivity index (χ3v) is 5.43. The number of hydrogen-bond acceptors (Lipinski definition) is 2. The topological polar surface area (TPSA) is 52.0 Å². The molecular weight excluding hydrogens is 432 g/mol. The van der Waals surface area contributed by atoms with E-state index in [1.165, 1.54) is 0 Å². The van der Waals surface area contributed by atoms with Gasteiger partial charge in [-0.2, -0.15) is 0 Å². The zero-order valence-electron chi connectivity index (χ0n) is 13.2. The van der Waals surface area contributed by atoms with Crippen molar-refractivity contribution in [2.45, 2.75) is 18.4 Å². The summed E-state index contributed by atoms with van der Waals surface area (Å²) < 4.78 is 2.02. The first kappa shape index (κ1) is 17.1. The maximum atomic E-state index is 9.08. The van der Waals surface area contributed by atoms with Crippen LogP contribution in [-0.2, 0) is 0 Å². The van der Waals surface area contributed by atoms with E-state index in [0.717, 1.165) is 25.9 Å². The maximum Gasteiger partial charge on any atom is 0.0742 e. The molecular formula is C18H16Br2N4. The van der Waals surface area contributed by atoms with E-state index in [2.05, 4.69) is 77.6 Å². The van der Waals surface area contributed by atoms with Crippen LogP contribution in [-0.4, -0.2) is 12.1 Å². The summed E-state index contributed by atoms with van der Waals surface area (Å²) in [6.07, 6.45) is 1.87. The maximum absolute atomic E-state index is 9.08. The van der Waals surface area contributed by atoms with Gasteiger partial charge in [-0.25, -0.2) is 0 Å². The van der Waals surface area contributed by atoms with Gasteiger partial charge in [0.1, 0.15) is 0 Å². The van der Waals surface area contributed by atoms with Crippen molar-refractivity contribution in [3.63, 3.8) is 0 Å². The molecule has 1 aliphatic heterocycles. The molecule has 122 valence electrons. The second-order valence-corrected chi connectivity index (χ2v) is 7.86. The minimum Gasteiger partial charge on any atom is -0.341 e. The minimum absolute atomic E-state index is 0.0485. The number of nitrogens with zero attached hydrogens (tertiary/aromatic N) is 4. The minimum atomic E-state index is -0.614. The third-order valence-electron chi connectivity index (χ3n) is 4.41. The van der Waals surface area contributed by atoms with Gasteiger partial charge in [0.05, 0.1) is 5.54 Å². The molecule has 0 aromatic heterocycles. The van der Waals surface area contributed by atoms with Crippen LogP contribution in [0, 0.1) is 0 Å². The molecule has 0 amide bonds. The number of halogens is 2. The van der Waals surface area contributed by atoms with Gasteiger partial charge in [-0.15, -0.1) is 6.58 Å². The van der Waals surface area contributed by atoms with E-state index in [-0.39, 0.29) is 5.92 Å². The lowest BCUT2D eigenvalue weighted by atomic mass is 9.76. The van der Waals surface area contributed by atoms with Crippen LogP contribution in [0.1, 0.15) is 18.4 Å². The molecule has 0 unspecified atom stereocenters. The zero-order valence-corrected chi connectivity index (χ0v) is 16.3. The summed E-state index contributed by atoms with van der Waals surface area (Å²) in [5.74, 6) is -0.0485. The Bertz CT molecular complexity index is 827. The van der Waals surface area contributed by atoms with Gasteiger partial charge in [-0.3, -0.25) is 0 Å². The van der Waals surface area contributed by atoms with E-state index in [9.17, 15) is 0 Å². The molecule has 1 aliphatic rings. The predicted octanol–water partition coefficient (Wildman–Crippen LogP) is 6.70. The lowest BCUT2D eigenvalue weighted by molar-refractivity contribution is 0.414. The van der Waals surface area contributed by atoms with Gasteiger partial charge in [0, 0.05) is 37.7 Å². The Morgan fingerprint density at radius 1 is 1.25 bits per heavy atom. The first-order valence-corrected chi connectivity index (χ1v) is 9.08. The molecule has 4 nitrogen and oxygen atoms in total. The number of rotatable bonds is 3. The van der Waals surface area contributed by atoms with Crippen LogP contribution < -0.4 is 4.90 Å². The van der Waals surface area contributed by atoms with Gasteiger partial charge in [0.25, 0.3) is 0 Å². The average Bonchev–Trinajstić information content (AvgIpc) is 2.55. The van der Waals surface area contributed by atoms with E-state index >= 15 is 0 Å². The summed E-state index contributed by atoms with van der Waals surface area (Å²) in [7, 11) is 0. The summed E-state index contributed by atoms with van der Waals surface area (Å²) in [4.78, 5) is 5.30. The standard InChI is InChI=1S/C18H16Br2N4/c1-3-16-15-10-13(20)6-9-17(15)24(11-18(16,2)22-23-21)14-7-4-12(19)5-8-14/h3-10,16H,1,11H2,2H3/t16-,18+/m0/s1. The summed E-state index contributed by atoms with van der Waals surface area (Å²) in [6.45, 7) is 6.54. The van der Waals surface area contributed by atoms with Gasteiger partial charge in [0.15, 0.2) is 0 Å². The molecule has 0 bridgehead atoms. The highest BCUT2D eigenvalue weighted by Crippen LogP contribution is 2.47. The van der Waals surface area contributed by atoms with Gasteiger partial charge in [-0.05, 0) is 53.6 Å². The fourth-order valence-electron chi connectivity index (χ4n) is 3.29. The fraction of sp³-hybridized carbons (Fsp3) is 0.222. The lowest BCUT2D eigenvalue weighted by Gasteiger charge is -2.44. The van der Waals surface area contributed by atoms with Gasteiger partial charge >= 0.3 is 0 Å². The van der Waals surface area contributed by atoms with Crippen LogP contribution >= 0.6 is 31.9 Å². The SMILES string of the molecule is C=C[C@H]1c2cc(Br)ccc2N(c2ccc(Br)cc2)C[C@@]1(C)N=[N+]=[N-]. The molecule has 6 heteroatoms. The van der Waals surface area contributed by atoms with E-state index in [1.54, 1.807) is 0 Å². The molecule has 3 rings (SSSR count). The fourth-order valence-corrected chi connectivity index (χ4v) is 3.93. The average molecular weight is 448 g/mol. The number of hydrogen-bond donors (Lipinski definition) is 0. The quantitative estimate of drug-likeness (QED) is 0.223. The zero-order chi connectivity index (χ0) is 17.3. The van der Waals surface area contributed by atoms with E-state index in [4.69, 9.17) is 5.53 Å². The normalized spacial score (nSPS) is 22.5. The molecule has 0 spiro atoms. The van der Waals surface area contributed by atoms with Crippen molar-refractivity contribution < 1.29 is 0 Å². The highest BCUT2D eigenvalue weighted by Gasteiger charge is 2.41. The molecule has 2 aromatic carbocycles. The summed E-state index contributed by atoms with van der Waals surface area (Å²) in [5, 5.41) is 4.13. The van der Waals surface area contributed by atoms with E-state index < -0.39 is 5.54 Å². The van der Waals surface area contributed by atoms with Crippen molar-refractivity contribution in [2.75, 3.05) is 11.4 Å². The van der Waals surface area contributed by atoms with E-state index in [1.807, 2.05) is 31.2 Å². The largest absolute Gasteiger partial charge is 0.341 e. The first-order valence-electron chi connectivity index (χ1n) is 7.50. The number of benzene rings is 2. The van der Waals surface area contributed by atoms with Crippen LogP contribution in [0.3, 0.4) is 0 Å². The summed E-state index contributed by atoms with van der Waals surface area (Å²) in [5.41, 5.74) is 11.7. The van der Waals surface area contributed by atoms with Crippen molar-refractivity contribution in [3.05, 3.63) is 80.1 Å². The van der Waals surface area contributed by atoms with Gasteiger partial charge < -0.3 is 4.90 Å². The summed E-state index contributed by atoms with van der Waals surface area (Å²) >= 11 is 7.02. The van der Waals surface area contributed by atoms with Crippen molar-refractivity contribution in [1.29, 1.82) is 0 Å². The Kier molecular flexibility index (Phi) is 4.72. The second kappa shape index (κ2) is 6.63. The molecule has 0 saturated carbocycles. The van der Waals surface area contributed by atoms with Gasteiger partial charge in [0.2, 0.25) is 0 Å². The molecule has 1 heterocycles. The molecule has 24 heavy (non-hydrogen) atoms. The van der Waals surface area contributed by atoms with Crippen LogP contribution in [0.5, 0.6) is 0 Å². The molecule has 2 aromatic rings. The molecule has 0 aliphatic carbocycles.